The molecule has 1 aromatic rings. The molecule has 0 aliphatic carbocycles. The van der Waals surface area contributed by atoms with Crippen molar-refractivity contribution in [2.45, 2.75) is 39.8 Å². The standard InChI is InChI=1S/C12H20N4O2/c1-3-12(4-2,11(17)18)8-15-5-6-16-9-13-14-10(16)7-15/h9H,3-8H2,1-2H3,(H,17,18). The molecule has 0 aromatic carbocycles. The van der Waals surface area contributed by atoms with Crippen LogP contribution in [0, 0.1) is 5.41 Å². The highest BCUT2D eigenvalue weighted by Crippen LogP contribution is 2.29. The van der Waals surface area contributed by atoms with E-state index < -0.39 is 11.4 Å². The third-order valence-electron chi connectivity index (χ3n) is 4.05. The van der Waals surface area contributed by atoms with Crippen molar-refractivity contribution in [3.8, 4) is 0 Å². The van der Waals surface area contributed by atoms with E-state index in [1.807, 2.05) is 18.4 Å². The van der Waals surface area contributed by atoms with E-state index in [4.69, 9.17) is 0 Å². The van der Waals surface area contributed by atoms with E-state index in [1.165, 1.54) is 0 Å². The highest BCUT2D eigenvalue weighted by Gasteiger charge is 2.37. The molecule has 0 saturated heterocycles. The van der Waals surface area contributed by atoms with E-state index in [0.29, 0.717) is 25.9 Å². The van der Waals surface area contributed by atoms with E-state index in [2.05, 4.69) is 15.1 Å². The summed E-state index contributed by atoms with van der Waals surface area (Å²) in [6, 6.07) is 0. The van der Waals surface area contributed by atoms with Crippen molar-refractivity contribution in [3.05, 3.63) is 12.2 Å². The number of nitrogens with zero attached hydrogens (tertiary/aromatic N) is 4. The second-order valence-electron chi connectivity index (χ2n) is 4.94. The zero-order valence-corrected chi connectivity index (χ0v) is 11.0. The van der Waals surface area contributed by atoms with Crippen LogP contribution in [-0.2, 0) is 17.9 Å². The number of rotatable bonds is 5. The summed E-state index contributed by atoms with van der Waals surface area (Å²) in [7, 11) is 0. The third-order valence-corrected chi connectivity index (χ3v) is 4.05. The molecule has 2 rings (SSSR count). The van der Waals surface area contributed by atoms with Crippen molar-refractivity contribution in [1.29, 1.82) is 0 Å². The van der Waals surface area contributed by atoms with E-state index in [0.717, 1.165) is 18.9 Å². The first-order valence-corrected chi connectivity index (χ1v) is 6.43. The van der Waals surface area contributed by atoms with E-state index in [-0.39, 0.29) is 0 Å². The maximum atomic E-state index is 11.5. The quantitative estimate of drug-likeness (QED) is 0.846. The van der Waals surface area contributed by atoms with E-state index in [1.54, 1.807) is 6.33 Å². The van der Waals surface area contributed by atoms with Gasteiger partial charge in [-0.25, -0.2) is 0 Å². The smallest absolute Gasteiger partial charge is 0.310 e. The Morgan fingerprint density at radius 2 is 2.17 bits per heavy atom. The average Bonchev–Trinajstić information content (AvgIpc) is 2.83. The third kappa shape index (κ3) is 2.25. The SMILES string of the molecule is CCC(CC)(CN1CCn2cnnc2C1)C(=O)O. The summed E-state index contributed by atoms with van der Waals surface area (Å²) >= 11 is 0. The van der Waals surface area contributed by atoms with Gasteiger partial charge in [0.05, 0.1) is 12.0 Å². The minimum absolute atomic E-state index is 0.586. The molecule has 2 heterocycles. The molecule has 0 amide bonds. The van der Waals surface area contributed by atoms with Gasteiger partial charge < -0.3 is 9.67 Å². The summed E-state index contributed by atoms with van der Waals surface area (Å²) in [6.07, 6.45) is 3.04. The zero-order chi connectivity index (χ0) is 13.2. The summed E-state index contributed by atoms with van der Waals surface area (Å²) in [6.45, 7) is 6.87. The molecule has 0 spiro atoms. The van der Waals surface area contributed by atoms with Crippen LogP contribution < -0.4 is 0 Å². The van der Waals surface area contributed by atoms with Gasteiger partial charge >= 0.3 is 5.97 Å². The topological polar surface area (TPSA) is 71.2 Å². The lowest BCUT2D eigenvalue weighted by Crippen LogP contribution is -2.45. The summed E-state index contributed by atoms with van der Waals surface area (Å²) in [4.78, 5) is 13.7. The van der Waals surface area contributed by atoms with Crippen LogP contribution in [0.25, 0.3) is 0 Å². The summed E-state index contributed by atoms with van der Waals surface area (Å²) in [5.74, 6) is 0.229. The van der Waals surface area contributed by atoms with Crippen LogP contribution in [0.1, 0.15) is 32.5 Å². The average molecular weight is 252 g/mol. The lowest BCUT2D eigenvalue weighted by molar-refractivity contribution is -0.151. The fourth-order valence-electron chi connectivity index (χ4n) is 2.52. The number of carboxylic acids is 1. The van der Waals surface area contributed by atoms with Crippen LogP contribution in [0.2, 0.25) is 0 Å². The molecular formula is C12H20N4O2. The van der Waals surface area contributed by atoms with E-state index >= 15 is 0 Å². The van der Waals surface area contributed by atoms with Gasteiger partial charge in [-0.2, -0.15) is 0 Å². The predicted octanol–water partition coefficient (Wildman–Crippen LogP) is 0.985. The number of carboxylic acid groups (broad SMARTS) is 1. The Morgan fingerprint density at radius 3 is 2.78 bits per heavy atom. The van der Waals surface area contributed by atoms with Gasteiger partial charge in [0.2, 0.25) is 0 Å². The van der Waals surface area contributed by atoms with Gasteiger partial charge in [0.1, 0.15) is 12.2 Å². The Morgan fingerprint density at radius 1 is 1.44 bits per heavy atom. The molecule has 0 fully saturated rings. The molecule has 1 N–H and O–H groups in total. The molecular weight excluding hydrogens is 232 g/mol. The van der Waals surface area contributed by atoms with Gasteiger partial charge in [-0.05, 0) is 12.8 Å². The van der Waals surface area contributed by atoms with Crippen molar-refractivity contribution in [2.24, 2.45) is 5.41 Å². The van der Waals surface area contributed by atoms with Crippen LogP contribution >= 0.6 is 0 Å². The summed E-state index contributed by atoms with van der Waals surface area (Å²) in [5.41, 5.74) is -0.637. The highest BCUT2D eigenvalue weighted by molar-refractivity contribution is 5.74. The summed E-state index contributed by atoms with van der Waals surface area (Å²) < 4.78 is 2.02. The van der Waals surface area contributed by atoms with E-state index in [9.17, 15) is 9.90 Å². The Labute approximate surface area is 107 Å². The molecule has 18 heavy (non-hydrogen) atoms. The molecule has 6 nitrogen and oxygen atoms in total. The maximum Gasteiger partial charge on any atom is 0.310 e. The molecule has 1 aliphatic heterocycles. The molecule has 0 atom stereocenters. The molecule has 1 aliphatic rings. The Kier molecular flexibility index (Phi) is 3.65. The number of aromatic nitrogens is 3. The monoisotopic (exact) mass is 252 g/mol. The second kappa shape index (κ2) is 5.06. The number of aliphatic carboxylic acids is 1. The van der Waals surface area contributed by atoms with Gasteiger partial charge in [0.25, 0.3) is 0 Å². The van der Waals surface area contributed by atoms with Gasteiger partial charge in [0.15, 0.2) is 0 Å². The van der Waals surface area contributed by atoms with Crippen molar-refractivity contribution in [2.75, 3.05) is 13.1 Å². The minimum atomic E-state index is -0.695. The predicted molar refractivity (Wildman–Crippen MR) is 65.9 cm³/mol. The second-order valence-corrected chi connectivity index (χ2v) is 4.94. The van der Waals surface area contributed by atoms with Crippen molar-refractivity contribution < 1.29 is 9.90 Å². The maximum absolute atomic E-state index is 11.5. The fraction of sp³-hybridized carbons (Fsp3) is 0.750. The first-order chi connectivity index (χ1) is 8.61. The van der Waals surface area contributed by atoms with Crippen molar-refractivity contribution >= 4 is 5.97 Å². The van der Waals surface area contributed by atoms with Crippen LogP contribution in [0.4, 0.5) is 0 Å². The molecule has 6 heteroatoms. The molecule has 1 aromatic heterocycles. The minimum Gasteiger partial charge on any atom is -0.481 e. The van der Waals surface area contributed by atoms with Gasteiger partial charge in [-0.1, -0.05) is 13.8 Å². The Hall–Kier alpha value is -1.43. The zero-order valence-electron chi connectivity index (χ0n) is 11.0. The summed E-state index contributed by atoms with van der Waals surface area (Å²) in [5, 5.41) is 17.4. The van der Waals surface area contributed by atoms with Gasteiger partial charge in [-0.15, -0.1) is 10.2 Å². The first-order valence-electron chi connectivity index (χ1n) is 6.43. The van der Waals surface area contributed by atoms with Crippen LogP contribution in [-0.4, -0.2) is 43.8 Å². The van der Waals surface area contributed by atoms with Crippen LogP contribution in [0.5, 0.6) is 0 Å². The molecule has 0 saturated carbocycles. The van der Waals surface area contributed by atoms with Crippen LogP contribution in [0.3, 0.4) is 0 Å². The number of fused-ring (bicyclic) bond motifs is 1. The highest BCUT2D eigenvalue weighted by atomic mass is 16.4. The lowest BCUT2D eigenvalue weighted by Gasteiger charge is -2.35. The van der Waals surface area contributed by atoms with Gasteiger partial charge in [0, 0.05) is 19.6 Å². The van der Waals surface area contributed by atoms with Crippen molar-refractivity contribution in [1.82, 2.24) is 19.7 Å². The number of carbonyl (C=O) groups is 1. The van der Waals surface area contributed by atoms with Crippen LogP contribution in [0.15, 0.2) is 6.33 Å². The number of hydrogen-bond donors (Lipinski definition) is 1. The molecule has 100 valence electrons. The molecule has 0 bridgehead atoms. The van der Waals surface area contributed by atoms with Gasteiger partial charge in [-0.3, -0.25) is 9.69 Å². The molecule has 0 radical (unpaired) electrons. The Bertz CT molecular complexity index is 425. The fourth-order valence-corrected chi connectivity index (χ4v) is 2.52. The normalized spacial score (nSPS) is 16.6. The lowest BCUT2D eigenvalue weighted by atomic mass is 9.81. The van der Waals surface area contributed by atoms with Crippen molar-refractivity contribution in [3.63, 3.8) is 0 Å². The Balaban J connectivity index is 2.08. The largest absolute Gasteiger partial charge is 0.481 e. The number of hydrogen-bond acceptors (Lipinski definition) is 4. The first kappa shape index (κ1) is 13.0. The molecule has 0 unspecified atom stereocenters.